The lowest BCUT2D eigenvalue weighted by atomic mass is 10.1. The number of carbonyl (C=O) groups is 1. The van der Waals surface area contributed by atoms with Gasteiger partial charge in [-0.3, -0.25) is 4.79 Å². The first kappa shape index (κ1) is 25.6. The van der Waals surface area contributed by atoms with Crippen molar-refractivity contribution in [3.63, 3.8) is 0 Å². The molecule has 2 nitrogen and oxygen atoms in total. The van der Waals surface area contributed by atoms with Gasteiger partial charge in [0.1, 0.15) is 0 Å². The molecule has 4 heteroatoms. The quantitative estimate of drug-likeness (QED) is 0.178. The SMILES string of the molecule is CCCCCCCCCCc1cc(SCCCC)c(CCCCCC(=O)O)s1. The Labute approximate surface area is 181 Å². The highest BCUT2D eigenvalue weighted by atomic mass is 32.2. The van der Waals surface area contributed by atoms with Crippen molar-refractivity contribution in [2.45, 2.75) is 121 Å². The molecular formula is C24H42O2S2. The number of unbranched alkanes of at least 4 members (excludes halogenated alkanes) is 10. The maximum Gasteiger partial charge on any atom is 0.303 e. The predicted octanol–water partition coefficient (Wildman–Crippen LogP) is 8.51. The van der Waals surface area contributed by atoms with Gasteiger partial charge in [-0.15, -0.1) is 23.1 Å². The van der Waals surface area contributed by atoms with Crippen LogP contribution in [-0.2, 0) is 17.6 Å². The van der Waals surface area contributed by atoms with Gasteiger partial charge in [0.05, 0.1) is 0 Å². The van der Waals surface area contributed by atoms with Crippen LogP contribution in [0.5, 0.6) is 0 Å². The highest BCUT2D eigenvalue weighted by molar-refractivity contribution is 7.99. The van der Waals surface area contributed by atoms with Crippen LogP contribution < -0.4 is 0 Å². The average molecular weight is 427 g/mol. The third kappa shape index (κ3) is 12.9. The molecule has 0 unspecified atom stereocenters. The van der Waals surface area contributed by atoms with Crippen molar-refractivity contribution >= 4 is 29.1 Å². The lowest BCUT2D eigenvalue weighted by Crippen LogP contribution is -1.94. The van der Waals surface area contributed by atoms with Gasteiger partial charge in [-0.05, 0) is 50.3 Å². The van der Waals surface area contributed by atoms with Crippen LogP contribution in [0, 0.1) is 0 Å². The van der Waals surface area contributed by atoms with E-state index < -0.39 is 5.97 Å². The Kier molecular flexibility index (Phi) is 15.9. The Bertz CT molecular complexity index is 511. The van der Waals surface area contributed by atoms with Crippen LogP contribution in [0.15, 0.2) is 11.0 Å². The van der Waals surface area contributed by atoms with Crippen molar-refractivity contribution in [3.05, 3.63) is 15.8 Å². The first-order chi connectivity index (χ1) is 13.7. The van der Waals surface area contributed by atoms with Crippen LogP contribution in [0.1, 0.15) is 113 Å². The molecule has 0 aliphatic carbocycles. The standard InChI is InChI=1S/C24H42O2S2/c1-3-5-7-8-9-10-11-13-16-21-20-23(27-19-6-4-2)22(28-21)17-14-12-15-18-24(25)26/h20H,3-19H2,1-2H3,(H,25,26). The van der Waals surface area contributed by atoms with Gasteiger partial charge < -0.3 is 5.11 Å². The van der Waals surface area contributed by atoms with Gasteiger partial charge in [-0.1, -0.05) is 71.6 Å². The summed E-state index contributed by atoms with van der Waals surface area (Å²) in [5.74, 6) is 0.552. The Morgan fingerprint density at radius 1 is 0.857 bits per heavy atom. The number of carboxylic acids is 1. The summed E-state index contributed by atoms with van der Waals surface area (Å²) in [5, 5.41) is 8.77. The van der Waals surface area contributed by atoms with E-state index in [2.05, 4.69) is 19.9 Å². The molecule has 0 saturated heterocycles. The van der Waals surface area contributed by atoms with Crippen molar-refractivity contribution in [2.24, 2.45) is 0 Å². The second-order valence-corrected chi connectivity index (χ2v) is 10.2. The summed E-state index contributed by atoms with van der Waals surface area (Å²) in [4.78, 5) is 15.3. The molecule has 0 amide bonds. The fourth-order valence-electron chi connectivity index (χ4n) is 3.38. The highest BCUT2D eigenvalue weighted by Crippen LogP contribution is 2.34. The monoisotopic (exact) mass is 426 g/mol. The Balaban J connectivity index is 2.35. The molecule has 1 N–H and O–H groups in total. The van der Waals surface area contributed by atoms with Gasteiger partial charge in [0.25, 0.3) is 0 Å². The minimum Gasteiger partial charge on any atom is -0.481 e. The van der Waals surface area contributed by atoms with E-state index >= 15 is 0 Å². The molecule has 162 valence electrons. The maximum absolute atomic E-state index is 10.6. The average Bonchev–Trinajstić information content (AvgIpc) is 3.05. The molecule has 1 aromatic rings. The van der Waals surface area contributed by atoms with Gasteiger partial charge in [0, 0.05) is 21.1 Å². The largest absolute Gasteiger partial charge is 0.481 e. The molecule has 0 fully saturated rings. The van der Waals surface area contributed by atoms with Crippen molar-refractivity contribution in [2.75, 3.05) is 5.75 Å². The zero-order chi connectivity index (χ0) is 20.5. The number of carboxylic acid groups (broad SMARTS) is 1. The van der Waals surface area contributed by atoms with Crippen LogP contribution in [0.25, 0.3) is 0 Å². The fraction of sp³-hybridized carbons (Fsp3) is 0.792. The molecule has 1 heterocycles. The molecule has 1 rings (SSSR count). The molecule has 0 aliphatic heterocycles. The summed E-state index contributed by atoms with van der Waals surface area (Å²) in [5.41, 5.74) is 0. The number of thiophene rings is 1. The van der Waals surface area contributed by atoms with Crippen LogP contribution in [-0.4, -0.2) is 16.8 Å². The van der Waals surface area contributed by atoms with Gasteiger partial charge in [0.2, 0.25) is 0 Å². The zero-order valence-corrected chi connectivity index (χ0v) is 19.9. The highest BCUT2D eigenvalue weighted by Gasteiger charge is 2.10. The Morgan fingerprint density at radius 2 is 1.46 bits per heavy atom. The van der Waals surface area contributed by atoms with Crippen LogP contribution in [0.2, 0.25) is 0 Å². The van der Waals surface area contributed by atoms with Crippen molar-refractivity contribution < 1.29 is 9.90 Å². The lowest BCUT2D eigenvalue weighted by Gasteiger charge is -2.03. The Morgan fingerprint density at radius 3 is 2.14 bits per heavy atom. The molecule has 0 bridgehead atoms. The van der Waals surface area contributed by atoms with Crippen molar-refractivity contribution in [3.8, 4) is 0 Å². The number of aliphatic carboxylic acids is 1. The van der Waals surface area contributed by atoms with E-state index in [1.54, 1.807) is 9.75 Å². The summed E-state index contributed by atoms with van der Waals surface area (Å²) in [6, 6.07) is 2.46. The molecule has 0 aliphatic rings. The molecular weight excluding hydrogens is 384 g/mol. The summed E-state index contributed by atoms with van der Waals surface area (Å²) < 4.78 is 0. The summed E-state index contributed by atoms with van der Waals surface area (Å²) >= 11 is 4.05. The van der Waals surface area contributed by atoms with Crippen LogP contribution in [0.3, 0.4) is 0 Å². The van der Waals surface area contributed by atoms with Gasteiger partial charge in [-0.25, -0.2) is 0 Å². The number of hydrogen-bond donors (Lipinski definition) is 1. The van der Waals surface area contributed by atoms with E-state index in [0.29, 0.717) is 6.42 Å². The lowest BCUT2D eigenvalue weighted by molar-refractivity contribution is -0.137. The predicted molar refractivity (Wildman–Crippen MR) is 126 cm³/mol. The number of thioether (sulfide) groups is 1. The third-order valence-electron chi connectivity index (χ3n) is 5.15. The number of rotatable bonds is 19. The number of hydrogen-bond acceptors (Lipinski definition) is 3. The van der Waals surface area contributed by atoms with E-state index in [4.69, 9.17) is 5.11 Å². The van der Waals surface area contributed by atoms with E-state index in [1.165, 1.54) is 81.3 Å². The number of aryl methyl sites for hydroxylation is 2. The molecule has 1 aromatic heterocycles. The molecule has 0 atom stereocenters. The summed E-state index contributed by atoms with van der Waals surface area (Å²) in [6.07, 6.45) is 19.2. The molecule has 28 heavy (non-hydrogen) atoms. The van der Waals surface area contributed by atoms with Crippen molar-refractivity contribution in [1.82, 2.24) is 0 Å². The molecule has 0 saturated carbocycles. The zero-order valence-electron chi connectivity index (χ0n) is 18.3. The fourth-order valence-corrected chi connectivity index (χ4v) is 6.05. The van der Waals surface area contributed by atoms with E-state index in [9.17, 15) is 4.79 Å². The minimum absolute atomic E-state index is 0.312. The smallest absolute Gasteiger partial charge is 0.303 e. The van der Waals surface area contributed by atoms with E-state index in [0.717, 1.165) is 25.7 Å². The maximum atomic E-state index is 10.6. The Hall–Kier alpha value is -0.480. The van der Waals surface area contributed by atoms with Gasteiger partial charge in [-0.2, -0.15) is 0 Å². The molecule has 0 radical (unpaired) electrons. The van der Waals surface area contributed by atoms with E-state index in [1.807, 2.05) is 23.1 Å². The summed E-state index contributed by atoms with van der Waals surface area (Å²) in [7, 11) is 0. The molecule has 0 aromatic carbocycles. The minimum atomic E-state index is -0.667. The topological polar surface area (TPSA) is 37.3 Å². The van der Waals surface area contributed by atoms with Crippen molar-refractivity contribution in [1.29, 1.82) is 0 Å². The molecule has 0 spiro atoms. The first-order valence-corrected chi connectivity index (χ1v) is 13.4. The third-order valence-corrected chi connectivity index (χ3v) is 7.70. The first-order valence-electron chi connectivity index (χ1n) is 11.6. The second kappa shape index (κ2) is 17.4. The second-order valence-electron chi connectivity index (χ2n) is 7.88. The van der Waals surface area contributed by atoms with Crippen LogP contribution >= 0.6 is 23.1 Å². The van der Waals surface area contributed by atoms with Gasteiger partial charge >= 0.3 is 5.97 Å². The van der Waals surface area contributed by atoms with E-state index in [-0.39, 0.29) is 0 Å². The normalized spacial score (nSPS) is 11.2. The summed E-state index contributed by atoms with van der Waals surface area (Å²) in [6.45, 7) is 4.53. The van der Waals surface area contributed by atoms with Crippen LogP contribution in [0.4, 0.5) is 0 Å². The van der Waals surface area contributed by atoms with Gasteiger partial charge in [0.15, 0.2) is 0 Å².